The van der Waals surface area contributed by atoms with E-state index < -0.39 is 28.9 Å². The van der Waals surface area contributed by atoms with E-state index in [1.165, 1.54) is 13.2 Å². The van der Waals surface area contributed by atoms with Crippen LogP contribution >= 0.6 is 0 Å². The monoisotopic (exact) mass is 728 g/mol. The van der Waals surface area contributed by atoms with Crippen LogP contribution in [0.5, 0.6) is 11.6 Å². The molecule has 2 bridgehead atoms. The Labute approximate surface area is 308 Å². The standard InChI is InChI=1S/C41H46F2N4O6/c1-10-26-28(42)13-11-23-17-25(51-20-50-9)18-27(32(23)26)35-34(43)31-21(2)29(15-16-41(7,8)49)44-37-33(31)38(45-35)52-22(3)36-30-14-12-24(19-46(36)37)47(30)39(48)53-40(4,5)6/h1,11,13,17-18,22,24,30,36,49H,12,14-16,19-20H2,2-9H3/t22-,24+,30-,36+/m0/s1. The maximum Gasteiger partial charge on any atom is 0.410 e. The number of amides is 1. The van der Waals surface area contributed by atoms with Crippen molar-refractivity contribution in [1.82, 2.24) is 14.9 Å². The van der Waals surface area contributed by atoms with Crippen LogP contribution in [0.3, 0.4) is 0 Å². The van der Waals surface area contributed by atoms with E-state index in [0.717, 1.165) is 12.8 Å². The van der Waals surface area contributed by atoms with Gasteiger partial charge in [-0.05, 0) is 103 Å². The number of carbonyl (C=O) groups is 1. The number of rotatable bonds is 7. The third kappa shape index (κ3) is 6.48. The minimum atomic E-state index is -1.00. The predicted molar refractivity (Wildman–Crippen MR) is 198 cm³/mol. The highest BCUT2D eigenvalue weighted by Crippen LogP contribution is 2.49. The molecule has 4 aromatic rings. The van der Waals surface area contributed by atoms with Crippen molar-refractivity contribution in [2.24, 2.45) is 0 Å². The first-order valence-electron chi connectivity index (χ1n) is 18.1. The van der Waals surface area contributed by atoms with Crippen LogP contribution in [-0.2, 0) is 15.9 Å². The lowest BCUT2D eigenvalue weighted by atomic mass is 9.93. The lowest BCUT2D eigenvalue weighted by molar-refractivity contribution is 0.000947. The Morgan fingerprint density at radius 1 is 1.11 bits per heavy atom. The van der Waals surface area contributed by atoms with Gasteiger partial charge in [0.2, 0.25) is 5.88 Å². The smallest absolute Gasteiger partial charge is 0.410 e. The maximum absolute atomic E-state index is 17.7. The van der Waals surface area contributed by atoms with Crippen LogP contribution in [0.15, 0.2) is 24.3 Å². The second-order valence-corrected chi connectivity index (χ2v) is 16.0. The summed E-state index contributed by atoms with van der Waals surface area (Å²) in [5.74, 6) is 2.19. The van der Waals surface area contributed by atoms with E-state index >= 15 is 8.78 Å². The zero-order valence-corrected chi connectivity index (χ0v) is 31.5. The van der Waals surface area contributed by atoms with Gasteiger partial charge in [-0.25, -0.2) is 23.5 Å². The molecule has 2 saturated heterocycles. The van der Waals surface area contributed by atoms with E-state index in [-0.39, 0.29) is 59.1 Å². The zero-order chi connectivity index (χ0) is 38.1. The van der Waals surface area contributed by atoms with Gasteiger partial charge >= 0.3 is 6.09 Å². The molecule has 0 saturated carbocycles. The Hall–Kier alpha value is -4.73. The number of aliphatic hydroxyl groups is 1. The SMILES string of the molecule is C#Cc1c(F)ccc2cc(OCOC)cc(-c3nc4c5c(nc(CCC(C)(C)O)c(C)c5c3F)N3C[C@H]5CC[C@@H]([C@H]3[C@H](C)O4)N5C(=O)OC(C)(C)C)c12. The summed E-state index contributed by atoms with van der Waals surface area (Å²) in [5.41, 5.74) is -0.401. The molecule has 3 aliphatic heterocycles. The van der Waals surface area contributed by atoms with Crippen LogP contribution in [0.2, 0.25) is 0 Å². The van der Waals surface area contributed by atoms with Gasteiger partial charge in [0.1, 0.15) is 34.8 Å². The molecule has 10 nitrogen and oxygen atoms in total. The Morgan fingerprint density at radius 3 is 2.55 bits per heavy atom. The number of piperazine rings is 1. The van der Waals surface area contributed by atoms with E-state index in [0.29, 0.717) is 58.4 Å². The average molecular weight is 729 g/mol. The van der Waals surface area contributed by atoms with Gasteiger partial charge in [-0.3, -0.25) is 4.90 Å². The van der Waals surface area contributed by atoms with E-state index in [1.807, 2.05) is 32.6 Å². The van der Waals surface area contributed by atoms with Crippen LogP contribution in [0.25, 0.3) is 32.8 Å². The highest BCUT2D eigenvalue weighted by Gasteiger charge is 2.54. The molecule has 0 spiro atoms. The zero-order valence-electron chi connectivity index (χ0n) is 31.5. The molecule has 7 rings (SSSR count). The highest BCUT2D eigenvalue weighted by atomic mass is 19.1. The number of fused-ring (bicyclic) bond motifs is 6. The van der Waals surface area contributed by atoms with Crippen molar-refractivity contribution in [3.8, 4) is 35.2 Å². The lowest BCUT2D eigenvalue weighted by Crippen LogP contribution is -2.65. The summed E-state index contributed by atoms with van der Waals surface area (Å²) in [5, 5.41) is 12.2. The fourth-order valence-electron chi connectivity index (χ4n) is 8.23. The van der Waals surface area contributed by atoms with Crippen molar-refractivity contribution in [3.63, 3.8) is 0 Å². The van der Waals surface area contributed by atoms with Gasteiger partial charge < -0.3 is 29.0 Å². The van der Waals surface area contributed by atoms with Crippen LogP contribution in [0.4, 0.5) is 19.4 Å². The number of carbonyl (C=O) groups excluding carboxylic acids is 1. The molecule has 1 amide bonds. The summed E-state index contributed by atoms with van der Waals surface area (Å²) in [6.07, 6.45) is 7.19. The second kappa shape index (κ2) is 13.3. The molecule has 2 fully saturated rings. The van der Waals surface area contributed by atoms with Crippen molar-refractivity contribution >= 4 is 33.5 Å². The van der Waals surface area contributed by atoms with Crippen molar-refractivity contribution in [1.29, 1.82) is 0 Å². The molecule has 2 aromatic heterocycles. The first kappa shape index (κ1) is 36.6. The number of methoxy groups -OCH3 is 1. The number of halogens is 2. The number of ether oxygens (including phenoxy) is 4. The molecule has 5 heterocycles. The number of pyridine rings is 2. The number of benzene rings is 2. The predicted octanol–water partition coefficient (Wildman–Crippen LogP) is 7.44. The van der Waals surface area contributed by atoms with E-state index in [4.69, 9.17) is 35.3 Å². The summed E-state index contributed by atoms with van der Waals surface area (Å²) < 4.78 is 56.5. The quantitative estimate of drug-likeness (QED) is 0.154. The second-order valence-electron chi connectivity index (χ2n) is 16.0. The van der Waals surface area contributed by atoms with Gasteiger partial charge in [0.05, 0.1) is 34.7 Å². The lowest BCUT2D eigenvalue weighted by Gasteiger charge is -2.48. The number of terminal acetylenes is 1. The van der Waals surface area contributed by atoms with Gasteiger partial charge in [0.25, 0.3) is 0 Å². The largest absolute Gasteiger partial charge is 0.472 e. The molecule has 53 heavy (non-hydrogen) atoms. The van der Waals surface area contributed by atoms with Crippen molar-refractivity contribution in [2.45, 2.75) is 110 Å². The van der Waals surface area contributed by atoms with Crippen LogP contribution in [0, 0.1) is 30.9 Å². The van der Waals surface area contributed by atoms with E-state index in [9.17, 15) is 9.90 Å². The van der Waals surface area contributed by atoms with Crippen molar-refractivity contribution in [3.05, 3.63) is 52.7 Å². The third-order valence-corrected chi connectivity index (χ3v) is 10.5. The molecular formula is C41H46F2N4O6. The summed E-state index contributed by atoms with van der Waals surface area (Å²) >= 11 is 0. The van der Waals surface area contributed by atoms with Gasteiger partial charge in [0, 0.05) is 35.7 Å². The molecule has 3 aliphatic rings. The van der Waals surface area contributed by atoms with E-state index in [1.54, 1.807) is 39.0 Å². The summed E-state index contributed by atoms with van der Waals surface area (Å²) in [7, 11) is 1.49. The number of hydrogen-bond donors (Lipinski definition) is 1. The Bertz CT molecular complexity index is 2170. The molecule has 0 radical (unpaired) electrons. The number of nitrogens with zero attached hydrogens (tertiary/aromatic N) is 4. The maximum atomic E-state index is 17.7. The summed E-state index contributed by atoms with van der Waals surface area (Å²) in [6.45, 7) is 13.1. The molecule has 0 aliphatic carbocycles. The molecular weight excluding hydrogens is 682 g/mol. The first-order valence-corrected chi connectivity index (χ1v) is 18.1. The first-order chi connectivity index (χ1) is 25.0. The van der Waals surface area contributed by atoms with E-state index in [2.05, 4.69) is 10.8 Å². The minimum Gasteiger partial charge on any atom is -0.472 e. The number of hydrogen-bond acceptors (Lipinski definition) is 9. The molecule has 280 valence electrons. The van der Waals surface area contributed by atoms with Gasteiger partial charge in [0.15, 0.2) is 12.6 Å². The number of aryl methyl sites for hydroxylation is 2. The molecule has 2 aromatic carbocycles. The number of aromatic nitrogens is 2. The summed E-state index contributed by atoms with van der Waals surface area (Å²) in [4.78, 5) is 27.7. The summed E-state index contributed by atoms with van der Waals surface area (Å²) in [6, 6.07) is 5.31. The van der Waals surface area contributed by atoms with Crippen LogP contribution in [-0.4, -0.2) is 81.9 Å². The number of anilines is 1. The fourth-order valence-corrected chi connectivity index (χ4v) is 8.23. The van der Waals surface area contributed by atoms with Gasteiger partial charge in [-0.2, -0.15) is 0 Å². The van der Waals surface area contributed by atoms with Crippen molar-refractivity contribution in [2.75, 3.05) is 25.3 Å². The topological polar surface area (TPSA) is 106 Å². The Kier molecular flexibility index (Phi) is 9.18. The molecule has 1 N–H and O–H groups in total. The van der Waals surface area contributed by atoms with Crippen LogP contribution < -0.4 is 14.4 Å². The minimum absolute atomic E-state index is 0.0364. The van der Waals surface area contributed by atoms with Crippen LogP contribution in [0.1, 0.15) is 77.6 Å². The average Bonchev–Trinajstić information content (AvgIpc) is 3.33. The Morgan fingerprint density at radius 2 is 1.87 bits per heavy atom. The van der Waals surface area contributed by atoms with Crippen molar-refractivity contribution < 1.29 is 37.6 Å². The molecule has 0 unspecified atom stereocenters. The Balaban J connectivity index is 1.49. The normalized spacial score (nSPS) is 20.9. The van der Waals surface area contributed by atoms with Gasteiger partial charge in [-0.15, -0.1) is 6.42 Å². The highest BCUT2D eigenvalue weighted by molar-refractivity contribution is 6.06. The molecule has 4 atom stereocenters. The molecule has 12 heteroatoms. The van der Waals surface area contributed by atoms with Gasteiger partial charge in [-0.1, -0.05) is 12.0 Å². The third-order valence-electron chi connectivity index (χ3n) is 10.5. The fraction of sp³-hybridized carbons (Fsp3) is 0.488.